The maximum absolute atomic E-state index is 6.04. The first-order valence-corrected chi connectivity index (χ1v) is 8.45. The Morgan fingerprint density at radius 3 is 3.04 bits per heavy atom. The fraction of sp³-hybridized carbons (Fsp3) is 0.647. The molecule has 1 N–H and O–H groups in total. The summed E-state index contributed by atoms with van der Waals surface area (Å²) in [6, 6.07) is 2.06. The van der Waals surface area contributed by atoms with Crippen LogP contribution in [-0.4, -0.2) is 28.1 Å². The second kappa shape index (κ2) is 7.27. The van der Waals surface area contributed by atoms with Crippen LogP contribution < -0.4 is 5.32 Å². The third-order valence-electron chi connectivity index (χ3n) is 4.70. The molecule has 1 fully saturated rings. The third kappa shape index (κ3) is 3.48. The van der Waals surface area contributed by atoms with Gasteiger partial charge in [0.2, 0.25) is 0 Å². The zero-order valence-electron chi connectivity index (χ0n) is 14.2. The first-order chi connectivity index (χ1) is 11.2. The Morgan fingerprint density at radius 2 is 2.30 bits per heavy atom. The SMILES string of the molecule is CCc1noc(C)c1CNC[C@@H]1CCCO[C@H]1c1ccnn1C. The van der Waals surface area contributed by atoms with E-state index in [0.717, 1.165) is 49.7 Å². The fourth-order valence-corrected chi connectivity index (χ4v) is 3.37. The van der Waals surface area contributed by atoms with Crippen LogP contribution in [0.15, 0.2) is 16.8 Å². The molecule has 0 amide bonds. The second-order valence-electron chi connectivity index (χ2n) is 6.22. The summed E-state index contributed by atoms with van der Waals surface area (Å²) in [6.07, 6.45) is 5.15. The number of hydrogen-bond donors (Lipinski definition) is 1. The van der Waals surface area contributed by atoms with Crippen molar-refractivity contribution in [3.8, 4) is 0 Å². The summed E-state index contributed by atoms with van der Waals surface area (Å²) in [6.45, 7) is 6.63. The van der Waals surface area contributed by atoms with E-state index in [9.17, 15) is 0 Å². The molecule has 0 unspecified atom stereocenters. The Balaban J connectivity index is 1.62. The van der Waals surface area contributed by atoms with Gasteiger partial charge in [-0.15, -0.1) is 0 Å². The molecule has 3 rings (SSSR count). The highest BCUT2D eigenvalue weighted by atomic mass is 16.5. The summed E-state index contributed by atoms with van der Waals surface area (Å²) in [4.78, 5) is 0. The number of hydrogen-bond acceptors (Lipinski definition) is 5. The molecule has 0 bridgehead atoms. The zero-order chi connectivity index (χ0) is 16.2. The van der Waals surface area contributed by atoms with E-state index >= 15 is 0 Å². The van der Waals surface area contributed by atoms with Crippen molar-refractivity contribution >= 4 is 0 Å². The largest absolute Gasteiger partial charge is 0.372 e. The Kier molecular flexibility index (Phi) is 5.13. The van der Waals surface area contributed by atoms with Crippen molar-refractivity contribution in [1.29, 1.82) is 0 Å². The summed E-state index contributed by atoms with van der Waals surface area (Å²) in [7, 11) is 1.98. The van der Waals surface area contributed by atoms with E-state index in [1.807, 2.05) is 24.9 Å². The average molecular weight is 318 g/mol. The van der Waals surface area contributed by atoms with Crippen molar-refractivity contribution in [2.45, 2.75) is 45.8 Å². The summed E-state index contributed by atoms with van der Waals surface area (Å²) in [5.74, 6) is 1.38. The van der Waals surface area contributed by atoms with Gasteiger partial charge in [0.05, 0.1) is 11.4 Å². The van der Waals surface area contributed by atoms with E-state index in [0.29, 0.717) is 5.92 Å². The van der Waals surface area contributed by atoms with E-state index in [2.05, 4.69) is 28.6 Å². The van der Waals surface area contributed by atoms with E-state index in [4.69, 9.17) is 9.26 Å². The van der Waals surface area contributed by atoms with Crippen LogP contribution in [0, 0.1) is 12.8 Å². The summed E-state index contributed by atoms with van der Waals surface area (Å²) < 4.78 is 13.3. The lowest BCUT2D eigenvalue weighted by Crippen LogP contribution is -2.32. The minimum absolute atomic E-state index is 0.123. The Morgan fingerprint density at radius 1 is 1.43 bits per heavy atom. The highest BCUT2D eigenvalue weighted by molar-refractivity contribution is 5.21. The number of ether oxygens (including phenoxy) is 1. The first-order valence-electron chi connectivity index (χ1n) is 8.45. The average Bonchev–Trinajstić information content (AvgIpc) is 3.14. The molecule has 0 radical (unpaired) electrons. The molecule has 2 aromatic heterocycles. The van der Waals surface area contributed by atoms with Gasteiger partial charge in [0, 0.05) is 44.4 Å². The molecule has 2 aromatic rings. The monoisotopic (exact) mass is 318 g/mol. The van der Waals surface area contributed by atoms with Gasteiger partial charge in [0.15, 0.2) is 0 Å². The molecule has 2 atom stereocenters. The Hall–Kier alpha value is -1.66. The van der Waals surface area contributed by atoms with Gasteiger partial charge in [-0.05, 0) is 32.3 Å². The van der Waals surface area contributed by atoms with Gasteiger partial charge < -0.3 is 14.6 Å². The number of nitrogens with one attached hydrogen (secondary N) is 1. The molecule has 0 aromatic carbocycles. The summed E-state index contributed by atoms with van der Waals surface area (Å²) in [5.41, 5.74) is 3.41. The Bertz CT molecular complexity index is 634. The molecule has 0 saturated carbocycles. The minimum Gasteiger partial charge on any atom is -0.372 e. The van der Waals surface area contributed by atoms with Crippen LogP contribution in [0.3, 0.4) is 0 Å². The van der Waals surface area contributed by atoms with Crippen molar-refractivity contribution in [2.24, 2.45) is 13.0 Å². The molecule has 23 heavy (non-hydrogen) atoms. The van der Waals surface area contributed by atoms with Crippen molar-refractivity contribution < 1.29 is 9.26 Å². The predicted molar refractivity (Wildman–Crippen MR) is 86.9 cm³/mol. The zero-order valence-corrected chi connectivity index (χ0v) is 14.2. The van der Waals surface area contributed by atoms with E-state index in [1.54, 1.807) is 0 Å². The van der Waals surface area contributed by atoms with E-state index in [1.165, 1.54) is 12.0 Å². The molecular weight excluding hydrogens is 292 g/mol. The molecular formula is C17H26N4O2. The number of rotatable bonds is 6. The normalized spacial score (nSPS) is 21.7. The maximum atomic E-state index is 6.04. The minimum atomic E-state index is 0.123. The molecule has 126 valence electrons. The van der Waals surface area contributed by atoms with Gasteiger partial charge in [0.1, 0.15) is 11.9 Å². The molecule has 3 heterocycles. The molecule has 0 aliphatic carbocycles. The maximum Gasteiger partial charge on any atom is 0.138 e. The van der Waals surface area contributed by atoms with Crippen LogP contribution in [-0.2, 0) is 24.8 Å². The van der Waals surface area contributed by atoms with Crippen molar-refractivity contribution in [1.82, 2.24) is 20.3 Å². The molecule has 1 aliphatic heterocycles. The van der Waals surface area contributed by atoms with Crippen LogP contribution in [0.5, 0.6) is 0 Å². The van der Waals surface area contributed by atoms with E-state index < -0.39 is 0 Å². The fourth-order valence-electron chi connectivity index (χ4n) is 3.37. The highest BCUT2D eigenvalue weighted by Crippen LogP contribution is 2.32. The van der Waals surface area contributed by atoms with Crippen LogP contribution in [0.25, 0.3) is 0 Å². The van der Waals surface area contributed by atoms with Crippen molar-refractivity contribution in [2.75, 3.05) is 13.2 Å². The highest BCUT2D eigenvalue weighted by Gasteiger charge is 2.29. The number of aryl methyl sites for hydroxylation is 3. The number of nitrogens with zero attached hydrogens (tertiary/aromatic N) is 3. The molecule has 6 nitrogen and oxygen atoms in total. The van der Waals surface area contributed by atoms with Gasteiger partial charge in [-0.25, -0.2) is 0 Å². The predicted octanol–water partition coefficient (Wildman–Crippen LogP) is 2.54. The van der Waals surface area contributed by atoms with Gasteiger partial charge in [-0.3, -0.25) is 4.68 Å². The lowest BCUT2D eigenvalue weighted by molar-refractivity contribution is -0.0323. The lowest BCUT2D eigenvalue weighted by Gasteiger charge is -2.32. The summed E-state index contributed by atoms with van der Waals surface area (Å²) >= 11 is 0. The van der Waals surface area contributed by atoms with Crippen LogP contribution >= 0.6 is 0 Å². The third-order valence-corrected chi connectivity index (χ3v) is 4.70. The van der Waals surface area contributed by atoms with E-state index in [-0.39, 0.29) is 6.10 Å². The number of aromatic nitrogens is 3. The Labute approximate surface area is 137 Å². The smallest absolute Gasteiger partial charge is 0.138 e. The van der Waals surface area contributed by atoms with Crippen LogP contribution in [0.1, 0.15) is 48.6 Å². The van der Waals surface area contributed by atoms with Gasteiger partial charge >= 0.3 is 0 Å². The van der Waals surface area contributed by atoms with Gasteiger partial charge in [0.25, 0.3) is 0 Å². The summed E-state index contributed by atoms with van der Waals surface area (Å²) in [5, 5.41) is 12.0. The van der Waals surface area contributed by atoms with Gasteiger partial charge in [-0.2, -0.15) is 5.10 Å². The standard InChI is InChI=1S/C17H26N4O2/c1-4-15-14(12(2)23-20-15)11-18-10-13-6-5-9-22-17(13)16-7-8-19-21(16)3/h7-8,13,17-18H,4-6,9-11H2,1-3H3/t13-,17+/m0/s1. The molecule has 1 saturated heterocycles. The lowest BCUT2D eigenvalue weighted by atomic mass is 9.92. The van der Waals surface area contributed by atoms with Crippen molar-refractivity contribution in [3.05, 3.63) is 35.0 Å². The van der Waals surface area contributed by atoms with Crippen LogP contribution in [0.2, 0.25) is 0 Å². The first kappa shape index (κ1) is 16.2. The van der Waals surface area contributed by atoms with Gasteiger partial charge in [-0.1, -0.05) is 12.1 Å². The second-order valence-corrected chi connectivity index (χ2v) is 6.22. The molecule has 1 aliphatic rings. The van der Waals surface area contributed by atoms with Crippen molar-refractivity contribution in [3.63, 3.8) is 0 Å². The topological polar surface area (TPSA) is 65.1 Å². The van der Waals surface area contributed by atoms with Crippen LogP contribution in [0.4, 0.5) is 0 Å². The quantitative estimate of drug-likeness (QED) is 0.886. The molecule has 6 heteroatoms. The molecule has 0 spiro atoms.